The standard InChI is InChI=1S/C6H9ClO3/c1-3-9-5(2)10-6(8)4-7/h3,5H,1,4H2,2H3. The van der Waals surface area contributed by atoms with Gasteiger partial charge in [-0.25, -0.2) is 0 Å². The Labute approximate surface area is 64.6 Å². The Morgan fingerprint density at radius 3 is 2.90 bits per heavy atom. The number of hydrogen-bond acceptors (Lipinski definition) is 3. The van der Waals surface area contributed by atoms with Gasteiger partial charge in [-0.1, -0.05) is 6.58 Å². The Hall–Kier alpha value is -0.700. The van der Waals surface area contributed by atoms with Crippen LogP contribution in [0.2, 0.25) is 0 Å². The third-order valence-corrected chi connectivity index (χ3v) is 0.913. The maximum absolute atomic E-state index is 10.4. The highest BCUT2D eigenvalue weighted by Gasteiger charge is 2.05. The molecule has 10 heavy (non-hydrogen) atoms. The summed E-state index contributed by atoms with van der Waals surface area (Å²) in [6.45, 7) is 4.86. The molecule has 0 saturated heterocycles. The van der Waals surface area contributed by atoms with Gasteiger partial charge in [0, 0.05) is 6.92 Å². The van der Waals surface area contributed by atoms with Crippen LogP contribution in [0.25, 0.3) is 0 Å². The van der Waals surface area contributed by atoms with Crippen LogP contribution in [0.4, 0.5) is 0 Å². The summed E-state index contributed by atoms with van der Waals surface area (Å²) in [5.41, 5.74) is 0. The van der Waals surface area contributed by atoms with Crippen LogP contribution in [0.3, 0.4) is 0 Å². The van der Waals surface area contributed by atoms with Crippen molar-refractivity contribution in [1.29, 1.82) is 0 Å². The van der Waals surface area contributed by atoms with Crippen LogP contribution in [0.15, 0.2) is 12.8 Å². The molecule has 0 aromatic carbocycles. The van der Waals surface area contributed by atoms with Crippen molar-refractivity contribution >= 4 is 17.6 Å². The average Bonchev–Trinajstić information content (AvgIpc) is 1.88. The van der Waals surface area contributed by atoms with E-state index in [2.05, 4.69) is 16.1 Å². The topological polar surface area (TPSA) is 35.5 Å². The van der Waals surface area contributed by atoms with Crippen LogP contribution < -0.4 is 0 Å². The smallest absolute Gasteiger partial charge is 0.323 e. The molecule has 0 rings (SSSR count). The van der Waals surface area contributed by atoms with Crippen molar-refractivity contribution in [2.75, 3.05) is 5.88 Å². The van der Waals surface area contributed by atoms with Gasteiger partial charge >= 0.3 is 5.97 Å². The number of carbonyl (C=O) groups is 1. The molecule has 0 heterocycles. The van der Waals surface area contributed by atoms with Gasteiger partial charge in [-0.05, 0) is 0 Å². The fourth-order valence-electron chi connectivity index (χ4n) is 0.380. The summed E-state index contributed by atoms with van der Waals surface area (Å²) in [5.74, 6) is -0.666. The number of rotatable bonds is 4. The zero-order valence-electron chi connectivity index (χ0n) is 5.67. The maximum atomic E-state index is 10.4. The van der Waals surface area contributed by atoms with Crippen molar-refractivity contribution in [2.24, 2.45) is 0 Å². The third kappa shape index (κ3) is 4.21. The van der Waals surface area contributed by atoms with Crippen LogP contribution >= 0.6 is 11.6 Å². The summed E-state index contributed by atoms with van der Waals surface area (Å²) in [4.78, 5) is 10.4. The fraction of sp³-hybridized carbons (Fsp3) is 0.500. The summed E-state index contributed by atoms with van der Waals surface area (Å²) in [6.07, 6.45) is 0.593. The van der Waals surface area contributed by atoms with Gasteiger partial charge in [-0.15, -0.1) is 11.6 Å². The van der Waals surface area contributed by atoms with E-state index in [0.29, 0.717) is 0 Å². The molecule has 0 aromatic rings. The molecule has 58 valence electrons. The van der Waals surface area contributed by atoms with Crippen molar-refractivity contribution in [3.8, 4) is 0 Å². The molecule has 3 nitrogen and oxygen atoms in total. The van der Waals surface area contributed by atoms with Gasteiger partial charge in [0.1, 0.15) is 5.88 Å². The predicted molar refractivity (Wildman–Crippen MR) is 37.6 cm³/mol. The molecule has 0 saturated carbocycles. The van der Waals surface area contributed by atoms with Crippen molar-refractivity contribution in [2.45, 2.75) is 13.2 Å². The van der Waals surface area contributed by atoms with Gasteiger partial charge in [-0.2, -0.15) is 0 Å². The minimum atomic E-state index is -0.608. The van der Waals surface area contributed by atoms with Gasteiger partial charge in [0.15, 0.2) is 0 Å². The number of ether oxygens (including phenoxy) is 2. The van der Waals surface area contributed by atoms with E-state index in [1.165, 1.54) is 6.26 Å². The third-order valence-electron chi connectivity index (χ3n) is 0.694. The van der Waals surface area contributed by atoms with E-state index >= 15 is 0 Å². The molecular weight excluding hydrogens is 156 g/mol. The first-order chi connectivity index (χ1) is 4.70. The minimum absolute atomic E-state index is 0.162. The Morgan fingerprint density at radius 1 is 1.90 bits per heavy atom. The second-order valence-electron chi connectivity index (χ2n) is 1.49. The van der Waals surface area contributed by atoms with E-state index in [1.54, 1.807) is 6.92 Å². The summed E-state index contributed by atoms with van der Waals surface area (Å²) >= 11 is 5.14. The fourth-order valence-corrected chi connectivity index (χ4v) is 0.443. The van der Waals surface area contributed by atoms with Crippen LogP contribution in [0.1, 0.15) is 6.92 Å². The molecule has 0 aromatic heterocycles. The lowest BCUT2D eigenvalue weighted by Gasteiger charge is -2.10. The normalized spacial score (nSPS) is 11.8. The van der Waals surface area contributed by atoms with Crippen molar-refractivity contribution in [3.05, 3.63) is 12.8 Å². The quantitative estimate of drug-likeness (QED) is 0.272. The molecule has 0 aliphatic heterocycles. The molecule has 0 aliphatic carbocycles. The zero-order chi connectivity index (χ0) is 7.98. The molecule has 1 atom stereocenters. The van der Waals surface area contributed by atoms with E-state index in [4.69, 9.17) is 11.6 Å². The Balaban J connectivity index is 3.46. The maximum Gasteiger partial charge on any atom is 0.323 e. The highest BCUT2D eigenvalue weighted by Crippen LogP contribution is 1.94. The summed E-state index contributed by atoms with van der Waals surface area (Å²) in [7, 11) is 0. The van der Waals surface area contributed by atoms with Crippen LogP contribution in [-0.4, -0.2) is 18.1 Å². The van der Waals surface area contributed by atoms with Gasteiger partial charge in [0.2, 0.25) is 6.29 Å². The molecule has 0 radical (unpaired) electrons. The summed E-state index contributed by atoms with van der Waals surface area (Å²) < 4.78 is 9.25. The Kier molecular flexibility index (Phi) is 4.76. The largest absolute Gasteiger partial charge is 0.463 e. The first kappa shape index (κ1) is 9.30. The highest BCUT2D eigenvalue weighted by molar-refractivity contribution is 6.26. The first-order valence-electron chi connectivity index (χ1n) is 2.72. The van der Waals surface area contributed by atoms with Gasteiger partial charge < -0.3 is 9.47 Å². The van der Waals surface area contributed by atoms with Crippen LogP contribution in [0.5, 0.6) is 0 Å². The van der Waals surface area contributed by atoms with Gasteiger partial charge in [-0.3, -0.25) is 4.79 Å². The lowest BCUT2D eigenvalue weighted by molar-refractivity contribution is -0.162. The molecule has 0 fully saturated rings. The van der Waals surface area contributed by atoms with Crippen molar-refractivity contribution in [3.63, 3.8) is 0 Å². The average molecular weight is 165 g/mol. The molecular formula is C6H9ClO3. The lowest BCUT2D eigenvalue weighted by Crippen LogP contribution is -2.16. The van der Waals surface area contributed by atoms with E-state index in [9.17, 15) is 4.79 Å². The summed E-state index contributed by atoms with van der Waals surface area (Å²) in [6, 6.07) is 0. The number of carbonyl (C=O) groups excluding carboxylic acids is 1. The molecule has 1 unspecified atom stereocenters. The number of esters is 1. The molecule has 0 bridgehead atoms. The molecule has 0 aliphatic rings. The second kappa shape index (κ2) is 5.11. The van der Waals surface area contributed by atoms with Gasteiger partial charge in [0.05, 0.1) is 6.26 Å². The monoisotopic (exact) mass is 164 g/mol. The molecule has 4 heteroatoms. The minimum Gasteiger partial charge on any atom is -0.463 e. The number of halogens is 1. The highest BCUT2D eigenvalue weighted by atomic mass is 35.5. The van der Waals surface area contributed by atoms with E-state index in [1.807, 2.05) is 0 Å². The SMILES string of the molecule is C=COC(C)OC(=O)CCl. The second-order valence-corrected chi connectivity index (χ2v) is 1.76. The van der Waals surface area contributed by atoms with E-state index in [0.717, 1.165) is 0 Å². The summed E-state index contributed by atoms with van der Waals surface area (Å²) in [5, 5.41) is 0. The number of hydrogen-bond donors (Lipinski definition) is 0. The Bertz CT molecular complexity index is 124. The first-order valence-corrected chi connectivity index (χ1v) is 3.26. The molecule has 0 amide bonds. The van der Waals surface area contributed by atoms with Gasteiger partial charge in [0.25, 0.3) is 0 Å². The number of alkyl halides is 1. The van der Waals surface area contributed by atoms with Crippen molar-refractivity contribution in [1.82, 2.24) is 0 Å². The molecule has 0 N–H and O–H groups in total. The van der Waals surface area contributed by atoms with Crippen molar-refractivity contribution < 1.29 is 14.3 Å². The van der Waals surface area contributed by atoms with Crippen LogP contribution in [-0.2, 0) is 14.3 Å². The lowest BCUT2D eigenvalue weighted by atomic mass is 10.7. The van der Waals surface area contributed by atoms with E-state index < -0.39 is 12.3 Å². The zero-order valence-corrected chi connectivity index (χ0v) is 6.43. The Morgan fingerprint density at radius 2 is 2.50 bits per heavy atom. The molecule has 0 spiro atoms. The predicted octanol–water partition coefficient (Wildman–Crippen LogP) is 1.27. The van der Waals surface area contributed by atoms with Crippen LogP contribution in [0, 0.1) is 0 Å². The van der Waals surface area contributed by atoms with E-state index in [-0.39, 0.29) is 5.88 Å².